The number of azo groups is 1. The summed E-state index contributed by atoms with van der Waals surface area (Å²) in [6.07, 6.45) is 14.8. The summed E-state index contributed by atoms with van der Waals surface area (Å²) in [6, 6.07) is 18.8. The Balaban J connectivity index is 1.64. The van der Waals surface area contributed by atoms with Crippen molar-refractivity contribution in [3.05, 3.63) is 106 Å². The second-order valence-electron chi connectivity index (χ2n) is 13.5. The van der Waals surface area contributed by atoms with Crippen LogP contribution in [0.4, 0.5) is 5.69 Å². The fourth-order valence-electron chi connectivity index (χ4n) is 6.52. The maximum atomic E-state index is 14.1. The number of pyridine rings is 1. The topological polar surface area (TPSA) is 140 Å². The van der Waals surface area contributed by atoms with Crippen LogP contribution < -0.4 is 11.0 Å². The number of unbranched alkanes of at least 4 members (excludes halogenated alkanes) is 2. The molecule has 10 nitrogen and oxygen atoms in total. The number of aromatic nitrogens is 1. The highest BCUT2D eigenvalue weighted by Gasteiger charge is 2.28. The lowest BCUT2D eigenvalue weighted by molar-refractivity contribution is -0.135. The SMILES string of the molecule is CCCCC(CC)CN(CC(CC)CCCC)C(=O)C1C=CC(/N=N/c2c(-c3ccccc3)c(C#N)c(=O)n(NC(=O)c3ccccc3)c2O)=CC1. The molecular weight excluding hydrogens is 653 g/mol. The van der Waals surface area contributed by atoms with E-state index in [1.807, 2.05) is 18.2 Å². The second kappa shape index (κ2) is 19.9. The highest BCUT2D eigenvalue weighted by Crippen LogP contribution is 2.39. The molecule has 0 saturated carbocycles. The Kier molecular flexibility index (Phi) is 15.1. The van der Waals surface area contributed by atoms with Crippen molar-refractivity contribution in [2.24, 2.45) is 28.0 Å². The lowest BCUT2D eigenvalue weighted by Crippen LogP contribution is -2.42. The average molecular weight is 705 g/mol. The summed E-state index contributed by atoms with van der Waals surface area (Å²) in [5, 5.41) is 30.3. The highest BCUT2D eigenvalue weighted by molar-refractivity contribution is 6.00. The Morgan fingerprint density at radius 2 is 1.54 bits per heavy atom. The molecule has 274 valence electrons. The first-order valence-corrected chi connectivity index (χ1v) is 18.7. The summed E-state index contributed by atoms with van der Waals surface area (Å²) >= 11 is 0. The minimum Gasteiger partial charge on any atom is -0.492 e. The van der Waals surface area contributed by atoms with Crippen LogP contribution in [0.1, 0.15) is 101 Å². The number of carbonyl (C=O) groups excluding carboxylic acids is 2. The Morgan fingerprint density at radius 1 is 0.942 bits per heavy atom. The Bertz CT molecular complexity index is 1820. The molecule has 3 aromatic rings. The molecular formula is C42H52N6O4. The molecule has 0 spiro atoms. The summed E-state index contributed by atoms with van der Waals surface area (Å²) in [5.74, 6) is -0.624. The minimum atomic E-state index is -0.912. The zero-order valence-electron chi connectivity index (χ0n) is 30.9. The molecule has 2 aromatic carbocycles. The van der Waals surface area contributed by atoms with E-state index in [-0.39, 0.29) is 34.2 Å². The number of rotatable bonds is 18. The molecule has 3 unspecified atom stereocenters. The van der Waals surface area contributed by atoms with E-state index in [0.29, 0.717) is 34.2 Å². The van der Waals surface area contributed by atoms with Gasteiger partial charge in [-0.15, -0.1) is 5.11 Å². The molecule has 52 heavy (non-hydrogen) atoms. The summed E-state index contributed by atoms with van der Waals surface area (Å²) in [6.45, 7) is 10.3. The van der Waals surface area contributed by atoms with Crippen molar-refractivity contribution in [1.82, 2.24) is 9.58 Å². The first-order chi connectivity index (χ1) is 25.3. The van der Waals surface area contributed by atoms with Crippen molar-refractivity contribution in [2.45, 2.75) is 85.5 Å². The van der Waals surface area contributed by atoms with Gasteiger partial charge >= 0.3 is 0 Å². The second-order valence-corrected chi connectivity index (χ2v) is 13.5. The Morgan fingerprint density at radius 3 is 2.06 bits per heavy atom. The third kappa shape index (κ3) is 10.2. The molecule has 1 heterocycles. The summed E-state index contributed by atoms with van der Waals surface area (Å²) in [7, 11) is 0. The normalized spacial score (nSPS) is 15.1. The first kappa shape index (κ1) is 39.5. The van der Waals surface area contributed by atoms with Crippen molar-refractivity contribution >= 4 is 17.5 Å². The third-order valence-electron chi connectivity index (χ3n) is 9.77. The maximum Gasteiger partial charge on any atom is 0.291 e. The molecule has 2 N–H and O–H groups in total. The molecule has 0 aliphatic heterocycles. The number of aromatic hydroxyl groups is 1. The number of nitrogens with one attached hydrogen (secondary N) is 1. The van der Waals surface area contributed by atoms with Crippen LogP contribution in [-0.4, -0.2) is 39.6 Å². The fourth-order valence-corrected chi connectivity index (χ4v) is 6.52. The van der Waals surface area contributed by atoms with E-state index in [1.54, 1.807) is 66.7 Å². The number of hydrogen-bond acceptors (Lipinski definition) is 7. The molecule has 0 saturated heterocycles. The number of nitriles is 1. The van der Waals surface area contributed by atoms with Gasteiger partial charge in [0.15, 0.2) is 5.69 Å². The van der Waals surface area contributed by atoms with Gasteiger partial charge in [-0.1, -0.05) is 127 Å². The third-order valence-corrected chi connectivity index (χ3v) is 9.77. The van der Waals surface area contributed by atoms with Crippen LogP contribution in [0.25, 0.3) is 11.1 Å². The van der Waals surface area contributed by atoms with Gasteiger partial charge in [0.1, 0.15) is 11.6 Å². The molecule has 0 bridgehead atoms. The number of allylic oxidation sites excluding steroid dienone is 2. The van der Waals surface area contributed by atoms with Crippen LogP contribution in [0.2, 0.25) is 0 Å². The van der Waals surface area contributed by atoms with Crippen LogP contribution in [0.15, 0.2) is 99.6 Å². The summed E-state index contributed by atoms with van der Waals surface area (Å²) < 4.78 is 0.622. The quantitative estimate of drug-likeness (QED) is 0.127. The van der Waals surface area contributed by atoms with Crippen molar-refractivity contribution in [1.29, 1.82) is 5.26 Å². The zero-order chi connectivity index (χ0) is 37.5. The predicted octanol–water partition coefficient (Wildman–Crippen LogP) is 9.28. The smallest absolute Gasteiger partial charge is 0.291 e. The number of amides is 2. The predicted molar refractivity (Wildman–Crippen MR) is 206 cm³/mol. The summed E-state index contributed by atoms with van der Waals surface area (Å²) in [5.41, 5.74) is 2.28. The van der Waals surface area contributed by atoms with Gasteiger partial charge in [-0.2, -0.15) is 15.1 Å². The van der Waals surface area contributed by atoms with Crippen LogP contribution in [0, 0.1) is 29.1 Å². The Labute approximate surface area is 307 Å². The van der Waals surface area contributed by atoms with E-state index in [0.717, 1.165) is 64.5 Å². The van der Waals surface area contributed by atoms with E-state index < -0.39 is 17.3 Å². The van der Waals surface area contributed by atoms with Crippen molar-refractivity contribution in [3.8, 4) is 23.1 Å². The van der Waals surface area contributed by atoms with Gasteiger partial charge in [0.25, 0.3) is 11.5 Å². The van der Waals surface area contributed by atoms with E-state index in [4.69, 9.17) is 0 Å². The standard InChI is InChI=1S/C42H52N6O4/c1-5-9-17-30(7-3)28-47(29-31(8-4)18-10-6-2)40(50)34-23-25-35(26-24-34)44-45-38-37(32-19-13-11-14-20-32)36(27-43)41(51)48(42(38)52)46-39(49)33-21-15-12-16-22-33/h11-16,19-23,25-26,30-31,34,52H,5-10,17-18,24,28-29H2,1-4H3,(H,46,49)/b45-44+. The molecule has 1 aliphatic carbocycles. The Hall–Kier alpha value is -5.30. The zero-order valence-corrected chi connectivity index (χ0v) is 30.9. The van der Waals surface area contributed by atoms with Gasteiger partial charge in [0.2, 0.25) is 11.8 Å². The number of hydrogen-bond donors (Lipinski definition) is 2. The van der Waals surface area contributed by atoms with E-state index >= 15 is 0 Å². The van der Waals surface area contributed by atoms with Crippen LogP contribution in [0.5, 0.6) is 5.88 Å². The lowest BCUT2D eigenvalue weighted by Gasteiger charge is -2.33. The van der Waals surface area contributed by atoms with Crippen molar-refractivity contribution in [3.63, 3.8) is 0 Å². The molecule has 4 rings (SSSR count). The molecule has 0 radical (unpaired) electrons. The van der Waals surface area contributed by atoms with Gasteiger partial charge in [0, 0.05) is 24.2 Å². The highest BCUT2D eigenvalue weighted by atomic mass is 16.3. The molecule has 10 heteroatoms. The van der Waals surface area contributed by atoms with Crippen molar-refractivity contribution in [2.75, 3.05) is 18.5 Å². The van der Waals surface area contributed by atoms with Gasteiger partial charge in [-0.3, -0.25) is 19.8 Å². The van der Waals surface area contributed by atoms with Gasteiger partial charge in [0.05, 0.1) is 11.6 Å². The molecule has 1 aromatic heterocycles. The fraction of sp³-hybridized carbons (Fsp3) is 0.429. The van der Waals surface area contributed by atoms with Gasteiger partial charge in [-0.25, -0.2) is 0 Å². The average Bonchev–Trinajstić information content (AvgIpc) is 3.18. The monoisotopic (exact) mass is 704 g/mol. The van der Waals surface area contributed by atoms with Gasteiger partial charge < -0.3 is 10.0 Å². The van der Waals surface area contributed by atoms with Crippen molar-refractivity contribution < 1.29 is 14.7 Å². The molecule has 1 aliphatic rings. The number of nitrogens with zero attached hydrogens (tertiary/aromatic N) is 5. The van der Waals surface area contributed by atoms with E-state index in [1.165, 1.54) is 0 Å². The van der Waals surface area contributed by atoms with Crippen LogP contribution >= 0.6 is 0 Å². The number of carbonyl (C=O) groups is 2. The van der Waals surface area contributed by atoms with E-state index in [2.05, 4.69) is 48.2 Å². The molecule has 3 atom stereocenters. The molecule has 0 fully saturated rings. The maximum absolute atomic E-state index is 14.1. The van der Waals surface area contributed by atoms with Crippen LogP contribution in [-0.2, 0) is 4.79 Å². The number of benzene rings is 2. The lowest BCUT2D eigenvalue weighted by atomic mass is 9.93. The minimum absolute atomic E-state index is 0.0887. The summed E-state index contributed by atoms with van der Waals surface area (Å²) in [4.78, 5) is 42.7. The van der Waals surface area contributed by atoms with Crippen LogP contribution in [0.3, 0.4) is 0 Å². The largest absolute Gasteiger partial charge is 0.492 e. The van der Waals surface area contributed by atoms with Gasteiger partial charge in [-0.05, 0) is 54.9 Å². The molecule has 2 amide bonds. The van der Waals surface area contributed by atoms with E-state index in [9.17, 15) is 24.8 Å². The first-order valence-electron chi connectivity index (χ1n) is 18.7.